The van der Waals surface area contributed by atoms with Crippen LogP contribution in [0.25, 0.3) is 0 Å². The van der Waals surface area contributed by atoms with Crippen molar-refractivity contribution in [2.24, 2.45) is 17.6 Å². The minimum absolute atomic E-state index is 0.168. The normalized spacial score (nSPS) is 27.3. The van der Waals surface area contributed by atoms with Gasteiger partial charge in [0.05, 0.1) is 12.0 Å². The number of nitrogens with two attached hydrogens (primary N) is 1. The highest BCUT2D eigenvalue weighted by Crippen LogP contribution is 2.32. The lowest BCUT2D eigenvalue weighted by molar-refractivity contribution is -0.144. The molecule has 5 atom stereocenters. The summed E-state index contributed by atoms with van der Waals surface area (Å²) in [6, 6.07) is 5.89. The monoisotopic (exact) mass is 403 g/mol. The number of aromatic hydroxyl groups is 1. The fourth-order valence-electron chi connectivity index (χ4n) is 4.50. The zero-order valence-electron chi connectivity index (χ0n) is 16.3. The molecule has 1 aromatic carbocycles. The van der Waals surface area contributed by atoms with Crippen molar-refractivity contribution < 1.29 is 24.9 Å². The van der Waals surface area contributed by atoms with Crippen molar-refractivity contribution in [2.45, 2.75) is 37.5 Å². The molecular formula is C21H29N3O5. The van der Waals surface area contributed by atoms with E-state index in [1.807, 2.05) is 29.2 Å². The third-order valence-electron chi connectivity index (χ3n) is 5.99. The van der Waals surface area contributed by atoms with E-state index in [-0.39, 0.29) is 24.1 Å². The molecule has 8 nitrogen and oxygen atoms in total. The van der Waals surface area contributed by atoms with Gasteiger partial charge in [0.2, 0.25) is 5.91 Å². The number of carbonyl (C=O) groups excluding carboxylic acids is 1. The molecule has 1 amide bonds. The van der Waals surface area contributed by atoms with E-state index in [9.17, 15) is 24.9 Å². The van der Waals surface area contributed by atoms with Gasteiger partial charge in [-0.05, 0) is 31.2 Å². The largest absolute Gasteiger partial charge is 0.508 e. The predicted octanol–water partition coefficient (Wildman–Crippen LogP) is 0.610. The lowest BCUT2D eigenvalue weighted by Gasteiger charge is -2.40. The number of phenols is 1. The first-order valence-electron chi connectivity index (χ1n) is 9.99. The number of hydrogen-bond donors (Lipinski definition) is 5. The van der Waals surface area contributed by atoms with E-state index < -0.39 is 29.9 Å². The number of carboxylic acids is 1. The molecule has 3 rings (SSSR count). The third kappa shape index (κ3) is 4.95. The van der Waals surface area contributed by atoms with Crippen LogP contribution in [0.4, 0.5) is 0 Å². The zero-order valence-corrected chi connectivity index (χ0v) is 16.3. The SMILES string of the molecule is NC(=O)C(C(O)CC1CC=CCC1C(=O)O)N1CCNC(c2ccccc2O)C1. The van der Waals surface area contributed by atoms with E-state index >= 15 is 0 Å². The molecule has 1 saturated heterocycles. The molecule has 2 aliphatic rings. The molecule has 1 aliphatic heterocycles. The summed E-state index contributed by atoms with van der Waals surface area (Å²) in [5.41, 5.74) is 6.36. The van der Waals surface area contributed by atoms with Crippen LogP contribution < -0.4 is 11.1 Å². The number of aliphatic carboxylic acids is 1. The topological polar surface area (TPSA) is 136 Å². The summed E-state index contributed by atoms with van der Waals surface area (Å²) in [6.45, 7) is 1.48. The maximum Gasteiger partial charge on any atom is 0.307 e. The molecule has 1 fully saturated rings. The van der Waals surface area contributed by atoms with Crippen LogP contribution in [-0.4, -0.2) is 63.9 Å². The van der Waals surface area contributed by atoms with Crippen LogP contribution in [0.5, 0.6) is 5.75 Å². The highest BCUT2D eigenvalue weighted by Gasteiger charge is 2.38. The number of aliphatic hydroxyl groups excluding tert-OH is 1. The first-order chi connectivity index (χ1) is 13.9. The second-order valence-electron chi connectivity index (χ2n) is 7.86. The fourth-order valence-corrected chi connectivity index (χ4v) is 4.50. The van der Waals surface area contributed by atoms with E-state index in [0.29, 0.717) is 32.5 Å². The predicted molar refractivity (Wildman–Crippen MR) is 107 cm³/mol. The van der Waals surface area contributed by atoms with Gasteiger partial charge < -0.3 is 26.4 Å². The van der Waals surface area contributed by atoms with E-state index in [1.165, 1.54) is 0 Å². The van der Waals surface area contributed by atoms with Gasteiger partial charge in [-0.3, -0.25) is 14.5 Å². The molecule has 0 radical (unpaired) electrons. The Bertz CT molecular complexity index is 768. The highest BCUT2D eigenvalue weighted by atomic mass is 16.4. The number of nitrogens with zero attached hydrogens (tertiary/aromatic N) is 1. The maximum absolute atomic E-state index is 12.2. The van der Waals surface area contributed by atoms with Gasteiger partial charge in [0.15, 0.2) is 0 Å². The number of aliphatic hydroxyl groups is 1. The number of amides is 1. The first-order valence-corrected chi connectivity index (χ1v) is 9.99. The van der Waals surface area contributed by atoms with Gasteiger partial charge in [-0.2, -0.15) is 0 Å². The fraction of sp³-hybridized carbons (Fsp3) is 0.524. The van der Waals surface area contributed by atoms with E-state index in [4.69, 9.17) is 5.73 Å². The number of phenolic OH excluding ortho intramolecular Hbond substituents is 1. The Labute approximate surface area is 170 Å². The lowest BCUT2D eigenvalue weighted by atomic mass is 9.78. The second-order valence-corrected chi connectivity index (χ2v) is 7.86. The molecule has 0 bridgehead atoms. The molecule has 1 aromatic rings. The van der Waals surface area contributed by atoms with Crippen molar-refractivity contribution in [1.82, 2.24) is 10.2 Å². The van der Waals surface area contributed by atoms with Gasteiger partial charge in [-0.1, -0.05) is 30.4 Å². The van der Waals surface area contributed by atoms with Gasteiger partial charge in [-0.15, -0.1) is 0 Å². The second kappa shape index (κ2) is 9.39. The quantitative estimate of drug-likeness (QED) is 0.421. The Morgan fingerprint density at radius 1 is 1.24 bits per heavy atom. The average Bonchev–Trinajstić information content (AvgIpc) is 2.68. The Morgan fingerprint density at radius 2 is 1.97 bits per heavy atom. The summed E-state index contributed by atoms with van der Waals surface area (Å²) < 4.78 is 0. The number of rotatable bonds is 7. The Balaban J connectivity index is 1.73. The minimum atomic E-state index is -1.06. The molecule has 0 saturated carbocycles. The smallest absolute Gasteiger partial charge is 0.307 e. The van der Waals surface area contributed by atoms with E-state index in [2.05, 4.69) is 5.32 Å². The summed E-state index contributed by atoms with van der Waals surface area (Å²) in [6.07, 6.45) is 3.89. The number of primary amides is 1. The number of allylic oxidation sites excluding steroid dienone is 2. The highest BCUT2D eigenvalue weighted by molar-refractivity contribution is 5.80. The van der Waals surface area contributed by atoms with Crippen molar-refractivity contribution in [2.75, 3.05) is 19.6 Å². The molecule has 5 unspecified atom stereocenters. The number of benzene rings is 1. The van der Waals surface area contributed by atoms with Crippen molar-refractivity contribution in [3.05, 3.63) is 42.0 Å². The van der Waals surface area contributed by atoms with Gasteiger partial charge in [-0.25, -0.2) is 0 Å². The van der Waals surface area contributed by atoms with Crippen LogP contribution in [0.3, 0.4) is 0 Å². The zero-order chi connectivity index (χ0) is 21.0. The standard InChI is InChI=1S/C21H29N3O5/c22-20(27)19(18(26)11-13-5-1-2-6-14(13)21(28)29)24-10-9-23-16(12-24)15-7-3-4-8-17(15)25/h1-4,7-8,13-14,16,18-19,23,25-26H,5-6,9-12H2,(H2,22,27)(H,28,29). The van der Waals surface area contributed by atoms with E-state index in [0.717, 1.165) is 5.56 Å². The minimum Gasteiger partial charge on any atom is -0.508 e. The summed E-state index contributed by atoms with van der Waals surface area (Å²) >= 11 is 0. The van der Waals surface area contributed by atoms with Crippen LogP contribution >= 0.6 is 0 Å². The molecule has 1 heterocycles. The number of piperazine rings is 1. The molecule has 158 valence electrons. The number of para-hydroxylation sites is 1. The van der Waals surface area contributed by atoms with Crippen molar-refractivity contribution in [3.63, 3.8) is 0 Å². The number of carboxylic acid groups (broad SMARTS) is 1. The van der Waals surface area contributed by atoms with Crippen LogP contribution in [0.2, 0.25) is 0 Å². The van der Waals surface area contributed by atoms with E-state index in [1.54, 1.807) is 12.1 Å². The Hall–Kier alpha value is -2.42. The summed E-state index contributed by atoms with van der Waals surface area (Å²) in [5.74, 6) is -2.16. The lowest BCUT2D eigenvalue weighted by Crippen LogP contribution is -2.58. The van der Waals surface area contributed by atoms with Crippen molar-refractivity contribution >= 4 is 11.9 Å². The average molecular weight is 403 g/mol. The van der Waals surface area contributed by atoms with Crippen LogP contribution in [0.15, 0.2) is 36.4 Å². The molecular weight excluding hydrogens is 374 g/mol. The summed E-state index contributed by atoms with van der Waals surface area (Å²) in [7, 11) is 0. The first kappa shape index (κ1) is 21.3. The van der Waals surface area contributed by atoms with Gasteiger partial charge >= 0.3 is 5.97 Å². The van der Waals surface area contributed by atoms with Gasteiger partial charge in [0, 0.05) is 31.2 Å². The van der Waals surface area contributed by atoms with Crippen LogP contribution in [-0.2, 0) is 9.59 Å². The van der Waals surface area contributed by atoms with Crippen LogP contribution in [0.1, 0.15) is 30.9 Å². The van der Waals surface area contributed by atoms with Gasteiger partial charge in [0.1, 0.15) is 11.8 Å². The van der Waals surface area contributed by atoms with Gasteiger partial charge in [0.25, 0.3) is 0 Å². The molecule has 8 heteroatoms. The van der Waals surface area contributed by atoms with Crippen molar-refractivity contribution in [1.29, 1.82) is 0 Å². The maximum atomic E-state index is 12.2. The summed E-state index contributed by atoms with van der Waals surface area (Å²) in [4.78, 5) is 25.6. The number of nitrogens with one attached hydrogen (secondary N) is 1. The molecule has 0 aromatic heterocycles. The molecule has 0 spiro atoms. The van der Waals surface area contributed by atoms with Crippen LogP contribution in [0, 0.1) is 11.8 Å². The number of carbonyl (C=O) groups is 2. The number of hydrogen-bond acceptors (Lipinski definition) is 6. The molecule has 29 heavy (non-hydrogen) atoms. The Kier molecular flexibility index (Phi) is 6.89. The molecule has 1 aliphatic carbocycles. The third-order valence-corrected chi connectivity index (χ3v) is 5.99. The molecule has 6 N–H and O–H groups in total. The summed E-state index contributed by atoms with van der Waals surface area (Å²) in [5, 5.41) is 33.8. The van der Waals surface area contributed by atoms with Crippen molar-refractivity contribution in [3.8, 4) is 5.75 Å². The Morgan fingerprint density at radius 3 is 2.66 bits per heavy atom.